The highest BCUT2D eigenvalue weighted by molar-refractivity contribution is 7.89. The molecule has 1 rings (SSSR count). The summed E-state index contributed by atoms with van der Waals surface area (Å²) < 4.78 is 31.1. The summed E-state index contributed by atoms with van der Waals surface area (Å²) in [5, 5.41) is 3.11. The fourth-order valence-electron chi connectivity index (χ4n) is 1.63. The van der Waals surface area contributed by atoms with E-state index in [-0.39, 0.29) is 10.9 Å². The standard InChI is InChI=1S/C13H20N2O4S/c1-4-14-10(2)9-15-20(17,18)12-7-5-11(6-8-12)13(16)19-3/h5-8,10,14-15H,4,9H2,1-3H3/t10-/m1/s1. The molecule has 1 atom stereocenters. The summed E-state index contributed by atoms with van der Waals surface area (Å²) in [4.78, 5) is 11.4. The van der Waals surface area contributed by atoms with Crippen LogP contribution < -0.4 is 10.0 Å². The molecule has 0 unspecified atom stereocenters. The molecule has 0 fully saturated rings. The zero-order valence-corrected chi connectivity index (χ0v) is 12.7. The predicted molar refractivity (Wildman–Crippen MR) is 76.1 cm³/mol. The van der Waals surface area contributed by atoms with E-state index < -0.39 is 16.0 Å². The summed E-state index contributed by atoms with van der Waals surface area (Å²) in [7, 11) is -2.29. The molecule has 20 heavy (non-hydrogen) atoms. The van der Waals surface area contributed by atoms with Gasteiger partial charge in [0.2, 0.25) is 10.0 Å². The molecule has 7 heteroatoms. The summed E-state index contributed by atoms with van der Waals surface area (Å²) in [5.74, 6) is -0.498. The monoisotopic (exact) mass is 300 g/mol. The number of carbonyl (C=O) groups excluding carboxylic acids is 1. The zero-order valence-electron chi connectivity index (χ0n) is 11.8. The normalized spacial score (nSPS) is 12.9. The van der Waals surface area contributed by atoms with Crippen LogP contribution in [0.2, 0.25) is 0 Å². The topological polar surface area (TPSA) is 84.5 Å². The molecular weight excluding hydrogens is 280 g/mol. The third-order valence-corrected chi connectivity index (χ3v) is 4.16. The average Bonchev–Trinajstić information content (AvgIpc) is 2.45. The first-order chi connectivity index (χ1) is 9.40. The first-order valence-electron chi connectivity index (χ1n) is 6.32. The largest absolute Gasteiger partial charge is 0.465 e. The Morgan fingerprint density at radius 1 is 1.30 bits per heavy atom. The van der Waals surface area contributed by atoms with Crippen molar-refractivity contribution in [2.24, 2.45) is 0 Å². The van der Waals surface area contributed by atoms with E-state index in [9.17, 15) is 13.2 Å². The van der Waals surface area contributed by atoms with Gasteiger partial charge in [0.15, 0.2) is 0 Å². The molecule has 0 radical (unpaired) electrons. The van der Waals surface area contributed by atoms with Gasteiger partial charge in [-0.15, -0.1) is 0 Å². The summed E-state index contributed by atoms with van der Waals surface area (Å²) >= 11 is 0. The molecule has 1 aromatic rings. The van der Waals surface area contributed by atoms with Gasteiger partial charge in [-0.05, 0) is 37.7 Å². The molecule has 0 amide bonds. The minimum absolute atomic E-state index is 0.0455. The smallest absolute Gasteiger partial charge is 0.337 e. The minimum atomic E-state index is -3.56. The van der Waals surface area contributed by atoms with E-state index in [4.69, 9.17) is 0 Å². The van der Waals surface area contributed by atoms with E-state index in [2.05, 4.69) is 14.8 Å². The molecule has 0 saturated carbocycles. The lowest BCUT2D eigenvalue weighted by molar-refractivity contribution is 0.0600. The van der Waals surface area contributed by atoms with Gasteiger partial charge in [-0.2, -0.15) is 0 Å². The Morgan fingerprint density at radius 2 is 1.90 bits per heavy atom. The Kier molecular flexibility index (Phi) is 6.12. The molecule has 0 aliphatic heterocycles. The number of carbonyl (C=O) groups is 1. The molecular formula is C13H20N2O4S. The molecule has 2 N–H and O–H groups in total. The molecule has 0 aromatic heterocycles. The summed E-state index contributed by atoms with van der Waals surface area (Å²) in [6.07, 6.45) is 0. The van der Waals surface area contributed by atoms with Gasteiger partial charge >= 0.3 is 5.97 Å². The number of benzene rings is 1. The van der Waals surface area contributed by atoms with Gasteiger partial charge in [-0.1, -0.05) is 6.92 Å². The predicted octanol–water partition coefficient (Wildman–Crippen LogP) is 0.750. The van der Waals surface area contributed by atoms with Crippen molar-refractivity contribution >= 4 is 16.0 Å². The molecule has 6 nitrogen and oxygen atoms in total. The van der Waals surface area contributed by atoms with Crippen molar-refractivity contribution in [3.05, 3.63) is 29.8 Å². The number of esters is 1. The van der Waals surface area contributed by atoms with Crippen molar-refractivity contribution in [1.29, 1.82) is 0 Å². The van der Waals surface area contributed by atoms with Gasteiger partial charge in [0, 0.05) is 12.6 Å². The number of hydrogen-bond donors (Lipinski definition) is 2. The van der Waals surface area contributed by atoms with E-state index in [1.165, 1.54) is 31.4 Å². The van der Waals surface area contributed by atoms with Crippen LogP contribution in [0.25, 0.3) is 0 Å². The second-order valence-electron chi connectivity index (χ2n) is 4.33. The van der Waals surface area contributed by atoms with Gasteiger partial charge < -0.3 is 10.1 Å². The molecule has 112 valence electrons. The quantitative estimate of drug-likeness (QED) is 0.726. The Morgan fingerprint density at radius 3 is 2.40 bits per heavy atom. The highest BCUT2D eigenvalue weighted by Gasteiger charge is 2.15. The van der Waals surface area contributed by atoms with Crippen LogP contribution in [0.15, 0.2) is 29.2 Å². The lowest BCUT2D eigenvalue weighted by Crippen LogP contribution is -2.38. The highest BCUT2D eigenvalue weighted by Crippen LogP contribution is 2.11. The van der Waals surface area contributed by atoms with Gasteiger partial charge in [-0.3, -0.25) is 0 Å². The summed E-state index contributed by atoms with van der Waals surface area (Å²) in [6.45, 7) is 4.93. The molecule has 0 saturated heterocycles. The third kappa shape index (κ3) is 4.59. The minimum Gasteiger partial charge on any atom is -0.465 e. The van der Waals surface area contributed by atoms with Crippen molar-refractivity contribution in [2.75, 3.05) is 20.2 Å². The van der Waals surface area contributed by atoms with Crippen LogP contribution in [-0.2, 0) is 14.8 Å². The fourth-order valence-corrected chi connectivity index (χ4v) is 2.76. The average molecular weight is 300 g/mol. The number of nitrogens with one attached hydrogen (secondary N) is 2. The van der Waals surface area contributed by atoms with Crippen molar-refractivity contribution in [1.82, 2.24) is 10.0 Å². The number of hydrogen-bond acceptors (Lipinski definition) is 5. The van der Waals surface area contributed by atoms with Crippen LogP contribution in [-0.4, -0.2) is 40.6 Å². The van der Waals surface area contributed by atoms with Crippen molar-refractivity contribution in [3.8, 4) is 0 Å². The van der Waals surface area contributed by atoms with E-state index in [0.717, 1.165) is 6.54 Å². The maximum absolute atomic E-state index is 12.0. The fraction of sp³-hybridized carbons (Fsp3) is 0.462. The molecule has 1 aromatic carbocycles. The SMILES string of the molecule is CCN[C@H](C)CNS(=O)(=O)c1ccc(C(=O)OC)cc1. The first kappa shape index (κ1) is 16.6. The van der Waals surface area contributed by atoms with Crippen LogP contribution in [0.1, 0.15) is 24.2 Å². The van der Waals surface area contributed by atoms with Gasteiger partial charge in [0.1, 0.15) is 0 Å². The Balaban J connectivity index is 2.75. The van der Waals surface area contributed by atoms with Crippen molar-refractivity contribution in [3.63, 3.8) is 0 Å². The number of sulfonamides is 1. The Labute approximate surface area is 119 Å². The lowest BCUT2D eigenvalue weighted by atomic mass is 10.2. The Bertz CT molecular complexity index is 540. The zero-order chi connectivity index (χ0) is 15.2. The lowest BCUT2D eigenvalue weighted by Gasteiger charge is -2.13. The second kappa shape index (κ2) is 7.37. The summed E-state index contributed by atoms with van der Waals surface area (Å²) in [5.41, 5.74) is 0.312. The van der Waals surface area contributed by atoms with Crippen LogP contribution in [0.3, 0.4) is 0 Å². The maximum Gasteiger partial charge on any atom is 0.337 e. The van der Waals surface area contributed by atoms with Crippen LogP contribution in [0, 0.1) is 0 Å². The highest BCUT2D eigenvalue weighted by atomic mass is 32.2. The summed E-state index contributed by atoms with van der Waals surface area (Å²) in [6, 6.07) is 5.66. The third-order valence-electron chi connectivity index (χ3n) is 2.72. The van der Waals surface area contributed by atoms with E-state index in [1.54, 1.807) is 0 Å². The van der Waals surface area contributed by atoms with Crippen molar-refractivity contribution < 1.29 is 17.9 Å². The second-order valence-corrected chi connectivity index (χ2v) is 6.09. The van der Waals surface area contributed by atoms with E-state index in [1.807, 2.05) is 13.8 Å². The van der Waals surface area contributed by atoms with Crippen LogP contribution >= 0.6 is 0 Å². The first-order valence-corrected chi connectivity index (χ1v) is 7.80. The van der Waals surface area contributed by atoms with E-state index >= 15 is 0 Å². The number of rotatable bonds is 7. The molecule has 0 heterocycles. The number of ether oxygens (including phenoxy) is 1. The number of likely N-dealkylation sites (N-methyl/N-ethyl adjacent to an activating group) is 1. The molecule has 0 spiro atoms. The molecule has 0 aliphatic carbocycles. The van der Waals surface area contributed by atoms with Crippen molar-refractivity contribution in [2.45, 2.75) is 24.8 Å². The number of methoxy groups -OCH3 is 1. The van der Waals surface area contributed by atoms with Crippen LogP contribution in [0.5, 0.6) is 0 Å². The molecule has 0 aliphatic rings. The Hall–Kier alpha value is -1.44. The van der Waals surface area contributed by atoms with E-state index in [0.29, 0.717) is 12.1 Å². The van der Waals surface area contributed by atoms with Gasteiger partial charge in [0.05, 0.1) is 17.6 Å². The maximum atomic E-state index is 12.0. The molecule has 0 bridgehead atoms. The van der Waals surface area contributed by atoms with Gasteiger partial charge in [-0.25, -0.2) is 17.9 Å². The van der Waals surface area contributed by atoms with Gasteiger partial charge in [0.25, 0.3) is 0 Å². The van der Waals surface area contributed by atoms with Crippen LogP contribution in [0.4, 0.5) is 0 Å².